The van der Waals surface area contributed by atoms with E-state index in [1.54, 1.807) is 27.6 Å². The number of hydrogen-bond donors (Lipinski definition) is 1. The number of carbonyl (C=O) groups excluding carboxylic acids is 1. The number of aromatic nitrogens is 4. The van der Waals surface area contributed by atoms with Crippen LogP contribution in [0.25, 0.3) is 0 Å². The van der Waals surface area contributed by atoms with E-state index in [0.717, 1.165) is 0 Å². The number of nitrogens with zero attached hydrogens (tertiary/aromatic N) is 4. The molecule has 0 saturated heterocycles. The zero-order valence-electron chi connectivity index (χ0n) is 12.6. The van der Waals surface area contributed by atoms with E-state index in [9.17, 15) is 4.79 Å². The first-order chi connectivity index (χ1) is 11.5. The fourth-order valence-corrected chi connectivity index (χ4v) is 2.88. The molecular formula is C15H13Cl2N5OS. The number of nitrogens with one attached hydrogen (secondary N) is 1. The number of benzene rings is 1. The zero-order valence-corrected chi connectivity index (χ0v) is 14.9. The highest BCUT2D eigenvalue weighted by Gasteiger charge is 2.12. The number of aryl methyl sites for hydroxylation is 1. The van der Waals surface area contributed by atoms with Crippen LogP contribution in [0.4, 0.5) is 5.69 Å². The van der Waals surface area contributed by atoms with Crippen molar-refractivity contribution in [1.82, 2.24) is 19.1 Å². The quantitative estimate of drug-likeness (QED) is 0.699. The van der Waals surface area contributed by atoms with Gasteiger partial charge in [0.05, 0.1) is 10.0 Å². The van der Waals surface area contributed by atoms with Gasteiger partial charge in [0.2, 0.25) is 10.7 Å². The highest BCUT2D eigenvalue weighted by atomic mass is 35.5. The molecule has 3 rings (SSSR count). The van der Waals surface area contributed by atoms with Crippen LogP contribution in [0.3, 0.4) is 0 Å². The third-order valence-corrected chi connectivity index (χ3v) is 4.41. The van der Waals surface area contributed by atoms with Crippen LogP contribution in [0.2, 0.25) is 10.0 Å². The number of carbonyl (C=O) groups is 1. The van der Waals surface area contributed by atoms with E-state index in [1.165, 1.54) is 4.68 Å². The Morgan fingerprint density at radius 1 is 1.25 bits per heavy atom. The van der Waals surface area contributed by atoms with Crippen LogP contribution in [-0.4, -0.2) is 25.0 Å². The first-order valence-electron chi connectivity index (χ1n) is 7.00. The van der Waals surface area contributed by atoms with Crippen molar-refractivity contribution in [3.63, 3.8) is 0 Å². The van der Waals surface area contributed by atoms with Crippen LogP contribution in [0.5, 0.6) is 0 Å². The first-order valence-corrected chi connectivity index (χ1v) is 8.17. The summed E-state index contributed by atoms with van der Waals surface area (Å²) in [6.45, 7) is 1.82. The molecule has 2 heterocycles. The van der Waals surface area contributed by atoms with Gasteiger partial charge in [0.25, 0.3) is 0 Å². The van der Waals surface area contributed by atoms with Gasteiger partial charge in [-0.3, -0.25) is 9.47 Å². The van der Waals surface area contributed by atoms with Crippen molar-refractivity contribution < 1.29 is 4.79 Å². The Hall–Kier alpha value is -2.09. The van der Waals surface area contributed by atoms with E-state index in [4.69, 9.17) is 35.4 Å². The molecule has 0 bridgehead atoms. The maximum Gasteiger partial charge on any atom is 0.246 e. The van der Waals surface area contributed by atoms with Gasteiger partial charge in [-0.1, -0.05) is 23.2 Å². The summed E-state index contributed by atoms with van der Waals surface area (Å²) >= 11 is 17.2. The van der Waals surface area contributed by atoms with Crippen molar-refractivity contribution in [2.45, 2.75) is 13.5 Å². The molecule has 1 N–H and O–H groups in total. The molecular weight excluding hydrogens is 369 g/mol. The highest BCUT2D eigenvalue weighted by molar-refractivity contribution is 7.71. The van der Waals surface area contributed by atoms with E-state index < -0.39 is 0 Å². The third-order valence-electron chi connectivity index (χ3n) is 3.29. The Morgan fingerprint density at radius 3 is 2.62 bits per heavy atom. The Bertz CT molecular complexity index is 945. The molecule has 2 aromatic heterocycles. The van der Waals surface area contributed by atoms with Gasteiger partial charge in [0.15, 0.2) is 0 Å². The van der Waals surface area contributed by atoms with Crippen LogP contribution < -0.4 is 5.32 Å². The van der Waals surface area contributed by atoms with E-state index in [0.29, 0.717) is 26.3 Å². The third kappa shape index (κ3) is 3.38. The fourth-order valence-electron chi connectivity index (χ4n) is 2.25. The number of halogens is 2. The summed E-state index contributed by atoms with van der Waals surface area (Å²) in [5.41, 5.74) is 0.558. The predicted octanol–water partition coefficient (Wildman–Crippen LogP) is 3.78. The molecule has 0 fully saturated rings. The average molecular weight is 382 g/mol. The van der Waals surface area contributed by atoms with Crippen molar-refractivity contribution >= 4 is 47.0 Å². The molecule has 0 radical (unpaired) electrons. The molecule has 3 aromatic rings. The monoisotopic (exact) mass is 381 g/mol. The van der Waals surface area contributed by atoms with Crippen LogP contribution in [0.15, 0.2) is 42.7 Å². The lowest BCUT2D eigenvalue weighted by Gasteiger charge is -2.07. The lowest BCUT2D eigenvalue weighted by Crippen LogP contribution is -2.20. The number of amides is 1. The van der Waals surface area contributed by atoms with Crippen LogP contribution in [0.1, 0.15) is 5.82 Å². The molecule has 0 atom stereocenters. The van der Waals surface area contributed by atoms with Gasteiger partial charge in [-0.25, -0.2) is 9.36 Å². The van der Waals surface area contributed by atoms with E-state index in [-0.39, 0.29) is 12.5 Å². The second-order valence-corrected chi connectivity index (χ2v) is 6.22. The molecule has 1 aromatic carbocycles. The second kappa shape index (κ2) is 6.80. The second-order valence-electron chi connectivity index (χ2n) is 5.04. The number of rotatable bonds is 4. The summed E-state index contributed by atoms with van der Waals surface area (Å²) in [5, 5.41) is 7.87. The van der Waals surface area contributed by atoms with Crippen molar-refractivity contribution in [3.8, 4) is 0 Å². The Labute approximate surface area is 153 Å². The Balaban J connectivity index is 1.79. The Kier molecular flexibility index (Phi) is 4.75. The standard InChI is InChI=1S/C15H13Cl2N5OS/c1-10-19-21(15(24)22(10)20-6-2-3-7-20)9-14(23)18-11-4-5-12(16)13(17)8-11/h2-8H,9H2,1H3,(H,18,23). The topological polar surface area (TPSA) is 56.8 Å². The van der Waals surface area contributed by atoms with Gasteiger partial charge in [0, 0.05) is 18.1 Å². The fraction of sp³-hybridized carbons (Fsp3) is 0.133. The molecule has 0 aliphatic rings. The van der Waals surface area contributed by atoms with Crippen molar-refractivity contribution in [1.29, 1.82) is 0 Å². The van der Waals surface area contributed by atoms with Gasteiger partial charge in [-0.05, 0) is 49.5 Å². The van der Waals surface area contributed by atoms with Crippen molar-refractivity contribution in [2.24, 2.45) is 0 Å². The molecule has 0 aliphatic heterocycles. The summed E-state index contributed by atoms with van der Waals surface area (Å²) in [7, 11) is 0. The normalized spacial score (nSPS) is 10.8. The molecule has 124 valence electrons. The molecule has 0 unspecified atom stereocenters. The van der Waals surface area contributed by atoms with Crippen LogP contribution in [0, 0.1) is 11.7 Å². The van der Waals surface area contributed by atoms with Crippen LogP contribution >= 0.6 is 35.4 Å². The molecule has 1 amide bonds. The molecule has 0 aliphatic carbocycles. The SMILES string of the molecule is Cc1nn(CC(=O)Nc2ccc(Cl)c(Cl)c2)c(=S)n1-n1cccc1. The number of hydrogen-bond acceptors (Lipinski definition) is 3. The van der Waals surface area contributed by atoms with Gasteiger partial charge in [-0.2, -0.15) is 5.10 Å². The number of anilines is 1. The largest absolute Gasteiger partial charge is 0.324 e. The minimum Gasteiger partial charge on any atom is -0.324 e. The van der Waals surface area contributed by atoms with E-state index in [1.807, 2.05) is 31.5 Å². The first kappa shape index (κ1) is 16.8. The maximum absolute atomic E-state index is 12.2. The predicted molar refractivity (Wildman–Crippen MR) is 96.1 cm³/mol. The average Bonchev–Trinajstić information content (AvgIpc) is 3.12. The summed E-state index contributed by atoms with van der Waals surface area (Å²) in [5.74, 6) is 0.417. The summed E-state index contributed by atoms with van der Waals surface area (Å²) in [6, 6.07) is 8.65. The maximum atomic E-state index is 12.2. The zero-order chi connectivity index (χ0) is 17.3. The van der Waals surface area contributed by atoms with Crippen LogP contribution in [-0.2, 0) is 11.3 Å². The van der Waals surface area contributed by atoms with Gasteiger partial charge in [0.1, 0.15) is 12.4 Å². The van der Waals surface area contributed by atoms with Crippen molar-refractivity contribution in [2.75, 3.05) is 5.32 Å². The molecule has 9 heteroatoms. The lowest BCUT2D eigenvalue weighted by molar-refractivity contribution is -0.116. The highest BCUT2D eigenvalue weighted by Crippen LogP contribution is 2.24. The van der Waals surface area contributed by atoms with Gasteiger partial charge in [-0.15, -0.1) is 0 Å². The lowest BCUT2D eigenvalue weighted by atomic mass is 10.3. The van der Waals surface area contributed by atoms with E-state index in [2.05, 4.69) is 10.4 Å². The summed E-state index contributed by atoms with van der Waals surface area (Å²) < 4.78 is 5.44. The molecule has 6 nitrogen and oxygen atoms in total. The minimum absolute atomic E-state index is 0.00577. The van der Waals surface area contributed by atoms with Crippen molar-refractivity contribution in [3.05, 3.63) is 63.4 Å². The molecule has 0 spiro atoms. The Morgan fingerprint density at radius 2 is 1.96 bits per heavy atom. The summed E-state index contributed by atoms with van der Waals surface area (Å²) in [6.07, 6.45) is 3.70. The van der Waals surface area contributed by atoms with Gasteiger partial charge >= 0.3 is 0 Å². The summed E-state index contributed by atoms with van der Waals surface area (Å²) in [4.78, 5) is 12.2. The van der Waals surface area contributed by atoms with E-state index >= 15 is 0 Å². The smallest absolute Gasteiger partial charge is 0.246 e. The molecule has 0 saturated carbocycles. The van der Waals surface area contributed by atoms with Gasteiger partial charge < -0.3 is 5.32 Å². The minimum atomic E-state index is -0.262. The molecule has 24 heavy (non-hydrogen) atoms.